The molecule has 0 radical (unpaired) electrons. The van der Waals surface area contributed by atoms with Crippen LogP contribution >= 0.6 is 0 Å². The average Bonchev–Trinajstić information content (AvgIpc) is 3.45. The van der Waals surface area contributed by atoms with Gasteiger partial charge in [0.15, 0.2) is 0 Å². The largest absolute Gasteiger partial charge is 0.437 e. The highest BCUT2D eigenvalue weighted by atomic mass is 16.3. The summed E-state index contributed by atoms with van der Waals surface area (Å²) >= 11 is 0. The summed E-state index contributed by atoms with van der Waals surface area (Å²) in [6.45, 7) is 15.5. The van der Waals surface area contributed by atoms with E-state index in [0.29, 0.717) is 23.5 Å². The van der Waals surface area contributed by atoms with Crippen molar-refractivity contribution in [2.24, 2.45) is 0 Å². The van der Waals surface area contributed by atoms with Crippen LogP contribution < -0.4 is 0 Å². The molecule has 3 aromatic carbocycles. The number of hydrogen-bond donors (Lipinski definition) is 0. The van der Waals surface area contributed by atoms with Gasteiger partial charge in [-0.25, -0.2) is 9.97 Å². The van der Waals surface area contributed by atoms with Crippen LogP contribution in [0.25, 0.3) is 50.2 Å². The first-order valence-electron chi connectivity index (χ1n) is 13.7. The molecule has 0 spiro atoms. The molecular weight excluding hydrogens is 466 g/mol. The summed E-state index contributed by atoms with van der Waals surface area (Å²) in [5.41, 5.74) is 10.7. The SMILES string of the molecule is Cc1ccc2c(oc3nc(C(C)C)ccc32)c1-c1nc2ccccc2n1-c1c(C(C)C)cccc1C(C)C. The fraction of sp³-hybridized carbons (Fsp3) is 0.294. The van der Waals surface area contributed by atoms with Crippen molar-refractivity contribution in [2.75, 3.05) is 0 Å². The summed E-state index contributed by atoms with van der Waals surface area (Å²) in [4.78, 5) is 10.2. The maximum Gasteiger partial charge on any atom is 0.227 e. The lowest BCUT2D eigenvalue weighted by Crippen LogP contribution is -2.09. The van der Waals surface area contributed by atoms with Crippen molar-refractivity contribution >= 4 is 33.1 Å². The first-order chi connectivity index (χ1) is 18.3. The van der Waals surface area contributed by atoms with E-state index in [0.717, 1.165) is 50.0 Å². The lowest BCUT2D eigenvalue weighted by molar-refractivity contribution is 0.648. The fourth-order valence-corrected chi connectivity index (χ4v) is 5.62. The Morgan fingerprint density at radius 3 is 2.05 bits per heavy atom. The summed E-state index contributed by atoms with van der Waals surface area (Å²) in [7, 11) is 0. The monoisotopic (exact) mass is 501 g/mol. The van der Waals surface area contributed by atoms with Crippen molar-refractivity contribution in [2.45, 2.75) is 66.2 Å². The Balaban J connectivity index is 1.76. The molecule has 0 amide bonds. The predicted molar refractivity (Wildman–Crippen MR) is 159 cm³/mol. The van der Waals surface area contributed by atoms with Gasteiger partial charge in [-0.1, -0.05) is 84.0 Å². The van der Waals surface area contributed by atoms with Crippen LogP contribution in [0.4, 0.5) is 0 Å². The number of benzene rings is 3. The number of hydrogen-bond acceptors (Lipinski definition) is 3. The van der Waals surface area contributed by atoms with Crippen LogP contribution in [0.5, 0.6) is 0 Å². The summed E-state index contributed by atoms with van der Waals surface area (Å²) < 4.78 is 8.96. The third kappa shape index (κ3) is 3.74. The molecule has 192 valence electrons. The van der Waals surface area contributed by atoms with Gasteiger partial charge in [0.1, 0.15) is 11.4 Å². The van der Waals surface area contributed by atoms with Gasteiger partial charge < -0.3 is 4.42 Å². The number of nitrogens with zero attached hydrogens (tertiary/aromatic N) is 3. The number of aryl methyl sites for hydroxylation is 1. The molecule has 0 fully saturated rings. The molecule has 3 heterocycles. The Hall–Kier alpha value is -3.92. The molecule has 0 atom stereocenters. The number of aromatic nitrogens is 3. The van der Waals surface area contributed by atoms with E-state index in [-0.39, 0.29) is 0 Å². The Bertz CT molecular complexity index is 1790. The Kier molecular flexibility index (Phi) is 5.86. The second kappa shape index (κ2) is 9.13. The number of rotatable bonds is 5. The minimum absolute atomic E-state index is 0.333. The summed E-state index contributed by atoms with van der Waals surface area (Å²) in [5.74, 6) is 1.96. The van der Waals surface area contributed by atoms with E-state index in [2.05, 4.69) is 120 Å². The molecule has 0 N–H and O–H groups in total. The van der Waals surface area contributed by atoms with Crippen molar-refractivity contribution in [3.8, 4) is 17.1 Å². The number of fused-ring (bicyclic) bond motifs is 4. The van der Waals surface area contributed by atoms with Crippen LogP contribution in [-0.2, 0) is 0 Å². The minimum atomic E-state index is 0.333. The standard InChI is InChI=1S/C34H35N3O/c1-19(2)23-11-10-12-24(20(3)4)31(23)37-29-14-9-8-13-28(29)35-33(37)30-22(7)15-16-25-26-17-18-27(21(5)6)36-34(26)38-32(25)30/h8-21H,1-7H3. The van der Waals surface area contributed by atoms with Crippen LogP contribution in [0.3, 0.4) is 0 Å². The zero-order valence-electron chi connectivity index (χ0n) is 23.3. The van der Waals surface area contributed by atoms with Crippen molar-refractivity contribution < 1.29 is 4.42 Å². The number of para-hydroxylation sites is 3. The molecule has 0 unspecified atom stereocenters. The topological polar surface area (TPSA) is 43.9 Å². The smallest absolute Gasteiger partial charge is 0.227 e. The van der Waals surface area contributed by atoms with E-state index in [1.165, 1.54) is 16.8 Å². The minimum Gasteiger partial charge on any atom is -0.437 e. The van der Waals surface area contributed by atoms with Gasteiger partial charge in [0.2, 0.25) is 5.71 Å². The van der Waals surface area contributed by atoms with E-state index in [1.54, 1.807) is 0 Å². The van der Waals surface area contributed by atoms with Crippen molar-refractivity contribution in [3.63, 3.8) is 0 Å². The Morgan fingerprint density at radius 1 is 0.684 bits per heavy atom. The second-order valence-electron chi connectivity index (χ2n) is 11.3. The average molecular weight is 502 g/mol. The summed E-state index contributed by atoms with van der Waals surface area (Å²) in [6.07, 6.45) is 0. The van der Waals surface area contributed by atoms with Crippen molar-refractivity contribution in [3.05, 3.63) is 89.1 Å². The highest BCUT2D eigenvalue weighted by Crippen LogP contribution is 2.42. The molecule has 0 aliphatic heterocycles. The summed E-state index contributed by atoms with van der Waals surface area (Å²) in [5, 5.41) is 2.11. The van der Waals surface area contributed by atoms with Gasteiger partial charge in [-0.3, -0.25) is 4.57 Å². The maximum absolute atomic E-state index is 6.59. The maximum atomic E-state index is 6.59. The van der Waals surface area contributed by atoms with Crippen LogP contribution in [0.2, 0.25) is 0 Å². The molecule has 0 aliphatic carbocycles. The highest BCUT2D eigenvalue weighted by Gasteiger charge is 2.25. The van der Waals surface area contributed by atoms with Crippen LogP contribution in [0, 0.1) is 6.92 Å². The quantitative estimate of drug-likeness (QED) is 0.236. The molecule has 4 heteroatoms. The lowest BCUT2D eigenvalue weighted by Gasteiger charge is -2.23. The molecule has 0 bridgehead atoms. The summed E-state index contributed by atoms with van der Waals surface area (Å²) in [6, 6.07) is 23.8. The number of pyridine rings is 1. The van der Waals surface area contributed by atoms with Gasteiger partial charge in [-0.05, 0) is 65.6 Å². The molecular formula is C34H35N3O. The van der Waals surface area contributed by atoms with Crippen LogP contribution in [-0.4, -0.2) is 14.5 Å². The van der Waals surface area contributed by atoms with Crippen molar-refractivity contribution in [1.29, 1.82) is 0 Å². The van der Waals surface area contributed by atoms with E-state index in [1.807, 2.05) is 0 Å². The molecule has 6 rings (SSSR count). The van der Waals surface area contributed by atoms with E-state index >= 15 is 0 Å². The Morgan fingerprint density at radius 2 is 1.37 bits per heavy atom. The third-order valence-corrected chi connectivity index (χ3v) is 7.68. The van der Waals surface area contributed by atoms with E-state index < -0.39 is 0 Å². The first-order valence-corrected chi connectivity index (χ1v) is 13.7. The van der Waals surface area contributed by atoms with Gasteiger partial charge in [-0.2, -0.15) is 0 Å². The van der Waals surface area contributed by atoms with E-state index in [9.17, 15) is 0 Å². The van der Waals surface area contributed by atoms with Gasteiger partial charge in [0, 0.05) is 16.5 Å². The molecule has 0 saturated heterocycles. The lowest BCUT2D eigenvalue weighted by atomic mass is 9.92. The first kappa shape index (κ1) is 24.4. The molecule has 38 heavy (non-hydrogen) atoms. The zero-order valence-corrected chi connectivity index (χ0v) is 23.3. The van der Waals surface area contributed by atoms with Gasteiger partial charge in [0.25, 0.3) is 0 Å². The van der Waals surface area contributed by atoms with Gasteiger partial charge in [0.05, 0.1) is 22.3 Å². The second-order valence-corrected chi connectivity index (χ2v) is 11.3. The molecule has 6 aromatic rings. The van der Waals surface area contributed by atoms with Crippen LogP contribution in [0.1, 0.15) is 81.7 Å². The molecule has 3 aromatic heterocycles. The van der Waals surface area contributed by atoms with E-state index in [4.69, 9.17) is 14.4 Å². The van der Waals surface area contributed by atoms with Gasteiger partial charge in [-0.15, -0.1) is 0 Å². The highest BCUT2D eigenvalue weighted by molar-refractivity contribution is 6.09. The third-order valence-electron chi connectivity index (χ3n) is 7.68. The fourth-order valence-electron chi connectivity index (χ4n) is 5.62. The number of furan rings is 1. The zero-order chi connectivity index (χ0) is 26.7. The normalized spacial score (nSPS) is 12.3. The van der Waals surface area contributed by atoms with Gasteiger partial charge >= 0.3 is 0 Å². The Labute approximate surface area is 224 Å². The predicted octanol–water partition coefficient (Wildman–Crippen LogP) is 9.67. The molecule has 0 aliphatic rings. The van der Waals surface area contributed by atoms with Crippen LogP contribution in [0.15, 0.2) is 71.1 Å². The number of imidazole rings is 1. The molecule has 0 saturated carbocycles. The molecule has 4 nitrogen and oxygen atoms in total. The van der Waals surface area contributed by atoms with Crippen molar-refractivity contribution in [1.82, 2.24) is 14.5 Å².